The van der Waals surface area contributed by atoms with Crippen LogP contribution in [0.25, 0.3) is 5.69 Å². The first-order chi connectivity index (χ1) is 19.2. The Morgan fingerprint density at radius 1 is 1.20 bits per heavy atom. The molecule has 0 saturated carbocycles. The van der Waals surface area contributed by atoms with Gasteiger partial charge < -0.3 is 20.1 Å². The van der Waals surface area contributed by atoms with Crippen LogP contribution in [0.15, 0.2) is 23.1 Å². The SMILES string of the molecule is Cn1nnn(-c2cc(Nc3ncc(F)c(N[C@@H]4C[C@@H]5CCCN5C(C)(C)C4)n3)c(F)cc2OCC2COC2)c1=O. The van der Waals surface area contributed by atoms with E-state index >= 15 is 4.39 Å². The van der Waals surface area contributed by atoms with Crippen molar-refractivity contribution in [2.24, 2.45) is 13.0 Å². The van der Waals surface area contributed by atoms with Crippen molar-refractivity contribution in [2.75, 3.05) is 37.0 Å². The van der Waals surface area contributed by atoms with Crippen LogP contribution >= 0.6 is 0 Å². The van der Waals surface area contributed by atoms with Crippen LogP contribution in [0, 0.1) is 17.6 Å². The van der Waals surface area contributed by atoms with Crippen molar-refractivity contribution in [3.8, 4) is 11.4 Å². The fourth-order valence-corrected chi connectivity index (χ4v) is 5.94. The number of nitrogens with one attached hydrogen (secondary N) is 2. The highest BCUT2D eigenvalue weighted by atomic mass is 19.1. The second-order valence-electron chi connectivity index (χ2n) is 11.4. The van der Waals surface area contributed by atoms with Crippen molar-refractivity contribution in [3.63, 3.8) is 0 Å². The van der Waals surface area contributed by atoms with Crippen molar-refractivity contribution in [2.45, 2.75) is 57.2 Å². The number of fused-ring (bicyclic) bond motifs is 1. The van der Waals surface area contributed by atoms with Crippen LogP contribution in [-0.4, -0.2) is 78.6 Å². The number of piperidine rings is 1. The van der Waals surface area contributed by atoms with Gasteiger partial charge in [0.2, 0.25) is 5.95 Å². The van der Waals surface area contributed by atoms with Crippen molar-refractivity contribution in [1.29, 1.82) is 0 Å². The maximum absolute atomic E-state index is 15.3. The van der Waals surface area contributed by atoms with Crippen LogP contribution in [0.5, 0.6) is 5.75 Å². The summed E-state index contributed by atoms with van der Waals surface area (Å²) in [5.41, 5.74) is -0.386. The predicted molar refractivity (Wildman–Crippen MR) is 142 cm³/mol. The van der Waals surface area contributed by atoms with Gasteiger partial charge in [-0.15, -0.1) is 0 Å². The summed E-state index contributed by atoms with van der Waals surface area (Å²) in [6.45, 7) is 6.93. The van der Waals surface area contributed by atoms with Crippen LogP contribution in [0.3, 0.4) is 0 Å². The van der Waals surface area contributed by atoms with Gasteiger partial charge in [-0.3, -0.25) is 4.90 Å². The minimum absolute atomic E-state index is 0.00177. The smallest absolute Gasteiger partial charge is 0.368 e. The molecule has 2 N–H and O–H groups in total. The second-order valence-corrected chi connectivity index (χ2v) is 11.4. The van der Waals surface area contributed by atoms with Crippen molar-refractivity contribution < 1.29 is 18.3 Å². The molecule has 0 aliphatic carbocycles. The van der Waals surface area contributed by atoms with E-state index in [9.17, 15) is 9.18 Å². The number of aryl methyl sites for hydroxylation is 1. The highest BCUT2D eigenvalue weighted by Gasteiger charge is 2.43. The summed E-state index contributed by atoms with van der Waals surface area (Å²) in [4.78, 5) is 23.5. The molecule has 3 aliphatic heterocycles. The molecule has 0 spiro atoms. The predicted octanol–water partition coefficient (Wildman–Crippen LogP) is 2.62. The van der Waals surface area contributed by atoms with Crippen molar-refractivity contribution >= 4 is 17.5 Å². The zero-order valence-corrected chi connectivity index (χ0v) is 22.7. The van der Waals surface area contributed by atoms with E-state index in [0.717, 1.165) is 41.4 Å². The Kier molecular flexibility index (Phi) is 6.90. The number of halogens is 2. The number of ether oxygens (including phenoxy) is 2. The first-order valence-electron chi connectivity index (χ1n) is 13.5. The lowest BCUT2D eigenvalue weighted by atomic mass is 9.84. The molecular formula is C26H33F2N9O3. The minimum atomic E-state index is -0.668. The van der Waals surface area contributed by atoms with E-state index in [4.69, 9.17) is 9.47 Å². The molecule has 0 bridgehead atoms. The number of hydrogen-bond acceptors (Lipinski definition) is 10. The highest BCUT2D eigenvalue weighted by molar-refractivity contribution is 5.63. The summed E-state index contributed by atoms with van der Waals surface area (Å²) in [6.07, 6.45) is 5.09. The summed E-state index contributed by atoms with van der Waals surface area (Å²) in [5.74, 6) is -0.902. The standard InChI is InChI=1S/C26H33F2N9O3/c1-26(2)10-16(7-17-5-4-6-36(17)26)30-23-19(28)11-29-24(32-23)31-20-9-21(37-25(38)35(3)33-34-37)22(8-18(20)27)40-14-15-12-39-13-15/h8-9,11,15-17H,4-7,10,12-14H2,1-3H3,(H2,29,30,31,32)/t16-,17+/m1/s1. The van der Waals surface area contributed by atoms with Gasteiger partial charge in [0.25, 0.3) is 0 Å². The van der Waals surface area contributed by atoms with Crippen LogP contribution in [-0.2, 0) is 11.8 Å². The summed E-state index contributed by atoms with van der Waals surface area (Å²) in [6, 6.07) is 3.03. The lowest BCUT2D eigenvalue weighted by Gasteiger charge is -2.47. The van der Waals surface area contributed by atoms with Crippen molar-refractivity contribution in [3.05, 3.63) is 40.4 Å². The number of aromatic nitrogens is 6. The van der Waals surface area contributed by atoms with Gasteiger partial charge >= 0.3 is 5.69 Å². The molecule has 2 atom stereocenters. The van der Waals surface area contributed by atoms with E-state index in [2.05, 4.69) is 49.8 Å². The number of anilines is 3. The molecule has 12 nitrogen and oxygen atoms in total. The number of tetrazole rings is 1. The third kappa shape index (κ3) is 5.12. The van der Waals surface area contributed by atoms with E-state index in [1.807, 2.05) is 0 Å². The maximum atomic E-state index is 15.3. The molecular weight excluding hydrogens is 524 g/mol. The summed E-state index contributed by atoms with van der Waals surface area (Å²) in [7, 11) is 1.46. The van der Waals surface area contributed by atoms with Crippen LogP contribution < -0.4 is 21.1 Å². The molecule has 3 aromatic rings. The van der Waals surface area contributed by atoms with E-state index < -0.39 is 17.3 Å². The Morgan fingerprint density at radius 2 is 2.02 bits per heavy atom. The van der Waals surface area contributed by atoms with Gasteiger partial charge in [-0.1, -0.05) is 0 Å². The van der Waals surface area contributed by atoms with Crippen molar-refractivity contribution in [1.82, 2.24) is 34.7 Å². The van der Waals surface area contributed by atoms with Gasteiger partial charge in [0.15, 0.2) is 17.5 Å². The monoisotopic (exact) mass is 557 g/mol. The average Bonchev–Trinajstić information content (AvgIpc) is 3.49. The first-order valence-corrected chi connectivity index (χ1v) is 13.5. The normalized spacial score (nSPS) is 22.5. The topological polar surface area (TPSA) is 124 Å². The largest absolute Gasteiger partial charge is 0.491 e. The molecule has 3 aliphatic rings. The van der Waals surface area contributed by atoms with Gasteiger partial charge in [0, 0.05) is 36.7 Å². The quantitative estimate of drug-likeness (QED) is 0.427. The lowest BCUT2D eigenvalue weighted by Crippen LogP contribution is -2.55. The molecule has 0 unspecified atom stereocenters. The Labute approximate surface area is 229 Å². The highest BCUT2D eigenvalue weighted by Crippen LogP contribution is 2.39. The lowest BCUT2D eigenvalue weighted by molar-refractivity contribution is -0.0508. The molecule has 0 amide bonds. The zero-order valence-electron chi connectivity index (χ0n) is 22.7. The third-order valence-electron chi connectivity index (χ3n) is 7.97. The molecule has 3 fully saturated rings. The number of benzene rings is 1. The summed E-state index contributed by atoms with van der Waals surface area (Å²) in [5, 5.41) is 13.7. The van der Waals surface area contributed by atoms with E-state index in [-0.39, 0.29) is 46.4 Å². The fourth-order valence-electron chi connectivity index (χ4n) is 5.94. The van der Waals surface area contributed by atoms with Crippen LogP contribution in [0.1, 0.15) is 39.5 Å². The molecule has 1 aromatic carbocycles. The molecule has 2 aromatic heterocycles. The van der Waals surface area contributed by atoms with Gasteiger partial charge in [-0.2, -0.15) is 14.3 Å². The second kappa shape index (κ2) is 10.4. The minimum Gasteiger partial charge on any atom is -0.491 e. The summed E-state index contributed by atoms with van der Waals surface area (Å²) >= 11 is 0. The number of rotatable bonds is 8. The van der Waals surface area contributed by atoms with Gasteiger partial charge in [0.05, 0.1) is 31.7 Å². The molecule has 5 heterocycles. The molecule has 0 radical (unpaired) electrons. The molecule has 14 heteroatoms. The Bertz CT molecular complexity index is 1460. The van der Waals surface area contributed by atoms with Gasteiger partial charge in [0.1, 0.15) is 11.4 Å². The van der Waals surface area contributed by atoms with Crippen LogP contribution in [0.2, 0.25) is 0 Å². The van der Waals surface area contributed by atoms with Gasteiger partial charge in [-0.25, -0.2) is 18.6 Å². The fraction of sp³-hybridized carbons (Fsp3) is 0.577. The van der Waals surface area contributed by atoms with Gasteiger partial charge in [-0.05, 0) is 62.6 Å². The Balaban J connectivity index is 1.25. The van der Waals surface area contributed by atoms with E-state index in [0.29, 0.717) is 25.9 Å². The molecule has 214 valence electrons. The molecule has 3 saturated heterocycles. The number of hydrogen-bond donors (Lipinski definition) is 2. The maximum Gasteiger partial charge on any atom is 0.368 e. The Hall–Kier alpha value is -3.65. The molecule has 6 rings (SSSR count). The average molecular weight is 558 g/mol. The third-order valence-corrected chi connectivity index (χ3v) is 7.97. The van der Waals surface area contributed by atoms with Crippen LogP contribution in [0.4, 0.5) is 26.2 Å². The number of nitrogens with zero attached hydrogens (tertiary/aromatic N) is 7. The zero-order chi connectivity index (χ0) is 28.0. The van der Waals surface area contributed by atoms with E-state index in [1.165, 1.54) is 25.6 Å². The Morgan fingerprint density at radius 3 is 2.75 bits per heavy atom. The first kappa shape index (κ1) is 26.6. The van der Waals surface area contributed by atoms with E-state index in [1.54, 1.807) is 0 Å². The summed E-state index contributed by atoms with van der Waals surface area (Å²) < 4.78 is 43.1. The molecule has 40 heavy (non-hydrogen) atoms.